The van der Waals surface area contributed by atoms with Crippen molar-refractivity contribution >= 4 is 28.8 Å². The minimum absolute atomic E-state index is 0.0177. The van der Waals surface area contributed by atoms with Crippen molar-refractivity contribution in [2.75, 3.05) is 31.2 Å². The van der Waals surface area contributed by atoms with Gasteiger partial charge in [-0.1, -0.05) is 0 Å². The van der Waals surface area contributed by atoms with Crippen molar-refractivity contribution in [3.05, 3.63) is 40.1 Å². The van der Waals surface area contributed by atoms with Crippen LogP contribution in [0.1, 0.15) is 29.8 Å². The molecule has 1 aromatic heterocycles. The molecule has 6 nitrogen and oxygen atoms in total. The predicted octanol–water partition coefficient (Wildman–Crippen LogP) is 3.02. The lowest BCUT2D eigenvalue weighted by atomic mass is 9.98. The Morgan fingerprint density at radius 2 is 2.00 bits per heavy atom. The van der Waals surface area contributed by atoms with Crippen LogP contribution in [-0.4, -0.2) is 43.0 Å². The maximum Gasteiger partial charge on any atom is 0.228 e. The minimum atomic E-state index is -0.302. The van der Waals surface area contributed by atoms with Gasteiger partial charge in [-0.15, -0.1) is 11.3 Å². The summed E-state index contributed by atoms with van der Waals surface area (Å²) in [6.07, 6.45) is 1.16. The summed E-state index contributed by atoms with van der Waals surface area (Å²) in [6.45, 7) is 4.26. The largest absolute Gasteiger partial charge is 0.486 e. The molecule has 2 unspecified atom stereocenters. The van der Waals surface area contributed by atoms with Gasteiger partial charge >= 0.3 is 0 Å². The van der Waals surface area contributed by atoms with Gasteiger partial charge in [0.1, 0.15) is 13.2 Å². The molecule has 0 radical (unpaired) electrons. The zero-order valence-electron chi connectivity index (χ0n) is 15.7. The first-order valence-electron chi connectivity index (χ1n) is 9.68. The Kier molecular flexibility index (Phi) is 4.27. The van der Waals surface area contributed by atoms with E-state index >= 15 is 0 Å². The second-order valence-corrected chi connectivity index (χ2v) is 8.49. The van der Waals surface area contributed by atoms with Gasteiger partial charge in [-0.2, -0.15) is 0 Å². The zero-order chi connectivity index (χ0) is 19.3. The van der Waals surface area contributed by atoms with Crippen LogP contribution in [0.3, 0.4) is 0 Å². The van der Waals surface area contributed by atoms with Crippen molar-refractivity contribution in [3.8, 4) is 11.5 Å². The fourth-order valence-corrected chi connectivity index (χ4v) is 5.33. The second kappa shape index (κ2) is 6.81. The molecular weight excluding hydrogens is 376 g/mol. The van der Waals surface area contributed by atoms with Gasteiger partial charge in [0.2, 0.25) is 11.8 Å². The van der Waals surface area contributed by atoms with E-state index in [0.29, 0.717) is 31.3 Å². The highest BCUT2D eigenvalue weighted by molar-refractivity contribution is 7.10. The Hall–Kier alpha value is -2.54. The normalized spacial score (nSPS) is 23.7. The van der Waals surface area contributed by atoms with Crippen LogP contribution < -0.4 is 14.4 Å². The van der Waals surface area contributed by atoms with Gasteiger partial charge in [-0.05, 0) is 42.5 Å². The van der Waals surface area contributed by atoms with E-state index in [1.54, 1.807) is 16.2 Å². The fraction of sp³-hybridized carbons (Fsp3) is 0.429. The second-order valence-electron chi connectivity index (χ2n) is 7.49. The molecule has 2 atom stereocenters. The standard InChI is InChI=1S/C21H22N2O4S/c1-13-16-5-9-28-19(16)4-6-22(13)21(25)14-10-20(24)23(12-14)15-2-3-17-18(11-15)27-8-7-26-17/h2-3,5,9,11,13-14H,4,6-8,10,12H2,1H3. The third-order valence-electron chi connectivity index (χ3n) is 5.87. The molecule has 146 valence electrons. The molecule has 1 fully saturated rings. The van der Waals surface area contributed by atoms with Crippen molar-refractivity contribution in [1.29, 1.82) is 0 Å². The van der Waals surface area contributed by atoms with E-state index in [2.05, 4.69) is 18.4 Å². The van der Waals surface area contributed by atoms with E-state index in [4.69, 9.17) is 9.47 Å². The number of fused-ring (bicyclic) bond motifs is 2. The number of carbonyl (C=O) groups is 2. The molecule has 2 aromatic rings. The number of ether oxygens (including phenoxy) is 2. The van der Waals surface area contributed by atoms with Gasteiger partial charge in [0.15, 0.2) is 11.5 Å². The Balaban J connectivity index is 1.33. The van der Waals surface area contributed by atoms with Crippen LogP contribution in [-0.2, 0) is 16.0 Å². The number of amides is 2. The lowest BCUT2D eigenvalue weighted by Crippen LogP contribution is -2.42. The molecule has 0 aliphatic carbocycles. The first kappa shape index (κ1) is 17.6. The molecule has 1 aromatic carbocycles. The van der Waals surface area contributed by atoms with Gasteiger partial charge in [0, 0.05) is 36.1 Å². The van der Waals surface area contributed by atoms with Gasteiger partial charge in [-0.25, -0.2) is 0 Å². The number of carbonyl (C=O) groups excluding carboxylic acids is 2. The van der Waals surface area contributed by atoms with Crippen molar-refractivity contribution < 1.29 is 19.1 Å². The average Bonchev–Trinajstić information content (AvgIpc) is 3.34. The van der Waals surface area contributed by atoms with E-state index < -0.39 is 0 Å². The molecule has 4 heterocycles. The quantitative estimate of drug-likeness (QED) is 0.780. The molecular formula is C21H22N2O4S. The zero-order valence-corrected chi connectivity index (χ0v) is 16.5. The van der Waals surface area contributed by atoms with Gasteiger partial charge in [0.05, 0.1) is 12.0 Å². The molecule has 0 spiro atoms. The van der Waals surface area contributed by atoms with Crippen LogP contribution in [0.25, 0.3) is 0 Å². The van der Waals surface area contributed by atoms with E-state index in [-0.39, 0.29) is 30.2 Å². The van der Waals surface area contributed by atoms with Crippen LogP contribution >= 0.6 is 11.3 Å². The van der Waals surface area contributed by atoms with E-state index in [9.17, 15) is 9.59 Å². The third-order valence-corrected chi connectivity index (χ3v) is 6.87. The summed E-state index contributed by atoms with van der Waals surface area (Å²) in [4.78, 5) is 30.9. The topological polar surface area (TPSA) is 59.1 Å². The maximum atomic E-state index is 13.2. The SMILES string of the molecule is CC1c2ccsc2CCN1C(=O)C1CC(=O)N(c2ccc3c(c2)OCCO3)C1. The molecule has 5 rings (SSSR count). The molecule has 0 bridgehead atoms. The summed E-state index contributed by atoms with van der Waals surface area (Å²) in [5.74, 6) is 1.11. The summed E-state index contributed by atoms with van der Waals surface area (Å²) in [5.41, 5.74) is 2.01. The molecule has 7 heteroatoms. The number of thiophene rings is 1. The highest BCUT2D eigenvalue weighted by Gasteiger charge is 2.40. The average molecular weight is 398 g/mol. The lowest BCUT2D eigenvalue weighted by Gasteiger charge is -2.35. The Bertz CT molecular complexity index is 940. The van der Waals surface area contributed by atoms with Crippen LogP contribution in [0.5, 0.6) is 11.5 Å². The number of benzene rings is 1. The number of nitrogens with zero attached hydrogens (tertiary/aromatic N) is 2. The Labute approximate surface area is 167 Å². The van der Waals surface area contributed by atoms with E-state index in [1.807, 2.05) is 23.1 Å². The van der Waals surface area contributed by atoms with Gasteiger partial charge in [0.25, 0.3) is 0 Å². The molecule has 1 saturated heterocycles. The summed E-state index contributed by atoms with van der Waals surface area (Å²) < 4.78 is 11.2. The number of rotatable bonds is 2. The smallest absolute Gasteiger partial charge is 0.228 e. The number of anilines is 1. The molecule has 28 heavy (non-hydrogen) atoms. The Morgan fingerprint density at radius 3 is 2.86 bits per heavy atom. The monoisotopic (exact) mass is 398 g/mol. The molecule has 0 saturated carbocycles. The third kappa shape index (κ3) is 2.85. The van der Waals surface area contributed by atoms with E-state index in [1.165, 1.54) is 10.4 Å². The van der Waals surface area contributed by atoms with E-state index in [0.717, 1.165) is 18.7 Å². The number of hydrogen-bond acceptors (Lipinski definition) is 5. The van der Waals surface area contributed by atoms with Crippen LogP contribution in [0.15, 0.2) is 29.6 Å². The lowest BCUT2D eigenvalue weighted by molar-refractivity contribution is -0.138. The van der Waals surface area contributed by atoms with Crippen LogP contribution in [0.2, 0.25) is 0 Å². The first-order valence-corrected chi connectivity index (χ1v) is 10.6. The minimum Gasteiger partial charge on any atom is -0.486 e. The summed E-state index contributed by atoms with van der Waals surface area (Å²) in [6, 6.07) is 7.71. The van der Waals surface area contributed by atoms with Gasteiger partial charge in [-0.3, -0.25) is 9.59 Å². The number of hydrogen-bond donors (Lipinski definition) is 0. The maximum absolute atomic E-state index is 13.2. The van der Waals surface area contributed by atoms with Crippen molar-refractivity contribution in [2.45, 2.75) is 25.8 Å². The molecule has 3 aliphatic rings. The molecule has 0 N–H and O–H groups in total. The van der Waals surface area contributed by atoms with Gasteiger partial charge < -0.3 is 19.3 Å². The van der Waals surface area contributed by atoms with Crippen LogP contribution in [0.4, 0.5) is 5.69 Å². The summed E-state index contributed by atoms with van der Waals surface area (Å²) in [5, 5.41) is 2.10. The first-order chi connectivity index (χ1) is 13.6. The van der Waals surface area contributed by atoms with Crippen molar-refractivity contribution in [3.63, 3.8) is 0 Å². The van der Waals surface area contributed by atoms with Crippen molar-refractivity contribution in [1.82, 2.24) is 4.90 Å². The summed E-state index contributed by atoms with van der Waals surface area (Å²) in [7, 11) is 0. The molecule has 3 aliphatic heterocycles. The predicted molar refractivity (Wildman–Crippen MR) is 106 cm³/mol. The van der Waals surface area contributed by atoms with Crippen molar-refractivity contribution in [2.24, 2.45) is 5.92 Å². The summed E-state index contributed by atoms with van der Waals surface area (Å²) >= 11 is 1.76. The molecule has 2 amide bonds. The Morgan fingerprint density at radius 1 is 1.18 bits per heavy atom. The highest BCUT2D eigenvalue weighted by Crippen LogP contribution is 2.38. The van der Waals surface area contributed by atoms with Crippen LogP contribution in [0, 0.1) is 5.92 Å². The highest BCUT2D eigenvalue weighted by atomic mass is 32.1. The fourth-order valence-electron chi connectivity index (χ4n) is 4.37.